The zero-order chi connectivity index (χ0) is 20.5. The van der Waals surface area contributed by atoms with Crippen LogP contribution in [0.15, 0.2) is 85.8 Å². The van der Waals surface area contributed by atoms with Gasteiger partial charge in [-0.2, -0.15) is 0 Å². The minimum atomic E-state index is -0.453. The third-order valence-electron chi connectivity index (χ3n) is 4.83. The van der Waals surface area contributed by atoms with E-state index >= 15 is 0 Å². The van der Waals surface area contributed by atoms with Gasteiger partial charge in [0.05, 0.1) is 18.2 Å². The molecule has 0 saturated carbocycles. The smallest absolute Gasteiger partial charge is 0.248 e. The molecular weight excluding hydrogens is 378 g/mol. The SMILES string of the molecule is NC(=O)c1ccc(-c2cnc(Nc3ccc(-n4ccnc4)cc3)c3nccn23)cc1. The molecule has 3 aromatic heterocycles. The van der Waals surface area contributed by atoms with E-state index in [4.69, 9.17) is 5.73 Å². The molecule has 0 saturated heterocycles. The number of rotatable bonds is 5. The molecule has 146 valence electrons. The Morgan fingerprint density at radius 2 is 1.73 bits per heavy atom. The Balaban J connectivity index is 1.46. The van der Waals surface area contributed by atoms with Crippen LogP contribution in [0.5, 0.6) is 0 Å². The minimum absolute atomic E-state index is 0.453. The number of anilines is 2. The van der Waals surface area contributed by atoms with Crippen molar-refractivity contribution in [1.82, 2.24) is 23.9 Å². The zero-order valence-electron chi connectivity index (χ0n) is 15.8. The molecule has 1 amide bonds. The van der Waals surface area contributed by atoms with Crippen LogP contribution in [0.25, 0.3) is 22.6 Å². The van der Waals surface area contributed by atoms with Gasteiger partial charge in [0.15, 0.2) is 11.5 Å². The van der Waals surface area contributed by atoms with Crippen molar-refractivity contribution in [2.24, 2.45) is 5.73 Å². The quantitative estimate of drug-likeness (QED) is 0.475. The summed E-state index contributed by atoms with van der Waals surface area (Å²) in [4.78, 5) is 24.4. The molecule has 5 aromatic rings. The summed E-state index contributed by atoms with van der Waals surface area (Å²) in [5.41, 5.74) is 10.2. The fraction of sp³-hybridized carbons (Fsp3) is 0. The molecule has 2 aromatic carbocycles. The first-order valence-electron chi connectivity index (χ1n) is 9.27. The van der Waals surface area contributed by atoms with Gasteiger partial charge in [0.2, 0.25) is 5.91 Å². The van der Waals surface area contributed by atoms with Crippen molar-refractivity contribution in [3.8, 4) is 16.9 Å². The maximum absolute atomic E-state index is 11.3. The maximum atomic E-state index is 11.3. The van der Waals surface area contributed by atoms with E-state index in [0.29, 0.717) is 17.0 Å². The van der Waals surface area contributed by atoms with Crippen molar-refractivity contribution in [3.63, 3.8) is 0 Å². The number of carbonyl (C=O) groups is 1. The Kier molecular flexibility index (Phi) is 4.21. The van der Waals surface area contributed by atoms with Crippen LogP contribution >= 0.6 is 0 Å². The van der Waals surface area contributed by atoms with Crippen molar-refractivity contribution in [2.45, 2.75) is 0 Å². The Bertz CT molecular complexity index is 1320. The summed E-state index contributed by atoms with van der Waals surface area (Å²) < 4.78 is 3.89. The Morgan fingerprint density at radius 1 is 0.933 bits per heavy atom. The van der Waals surface area contributed by atoms with Crippen LogP contribution in [-0.4, -0.2) is 29.8 Å². The Morgan fingerprint density at radius 3 is 2.43 bits per heavy atom. The molecule has 0 spiro atoms. The molecule has 8 nitrogen and oxygen atoms in total. The molecule has 0 unspecified atom stereocenters. The van der Waals surface area contributed by atoms with Gasteiger partial charge in [-0.05, 0) is 36.4 Å². The van der Waals surface area contributed by atoms with Gasteiger partial charge in [-0.3, -0.25) is 9.20 Å². The lowest BCUT2D eigenvalue weighted by atomic mass is 10.1. The number of imidazole rings is 2. The number of nitrogens with one attached hydrogen (secondary N) is 1. The monoisotopic (exact) mass is 395 g/mol. The van der Waals surface area contributed by atoms with E-state index in [0.717, 1.165) is 22.6 Å². The van der Waals surface area contributed by atoms with E-state index in [2.05, 4.69) is 20.3 Å². The van der Waals surface area contributed by atoms with Crippen molar-refractivity contribution in [3.05, 3.63) is 91.4 Å². The fourth-order valence-corrected chi connectivity index (χ4v) is 3.29. The number of aromatic nitrogens is 5. The molecule has 0 bridgehead atoms. The second-order valence-electron chi connectivity index (χ2n) is 6.70. The van der Waals surface area contributed by atoms with Crippen LogP contribution in [0.1, 0.15) is 10.4 Å². The highest BCUT2D eigenvalue weighted by atomic mass is 16.1. The highest BCUT2D eigenvalue weighted by Crippen LogP contribution is 2.26. The van der Waals surface area contributed by atoms with E-state index in [-0.39, 0.29) is 0 Å². The van der Waals surface area contributed by atoms with Crippen LogP contribution in [0.2, 0.25) is 0 Å². The summed E-state index contributed by atoms with van der Waals surface area (Å²) in [7, 11) is 0. The predicted octanol–water partition coefficient (Wildman–Crippen LogP) is 3.42. The highest BCUT2D eigenvalue weighted by molar-refractivity contribution is 5.93. The molecule has 8 heteroatoms. The number of amides is 1. The van der Waals surface area contributed by atoms with Crippen LogP contribution in [0.3, 0.4) is 0 Å². The van der Waals surface area contributed by atoms with Crippen molar-refractivity contribution < 1.29 is 4.79 Å². The molecule has 0 aliphatic heterocycles. The molecule has 0 fully saturated rings. The average Bonchev–Trinajstić information content (AvgIpc) is 3.47. The number of hydrogen-bond donors (Lipinski definition) is 2. The molecule has 0 aliphatic carbocycles. The lowest BCUT2D eigenvalue weighted by molar-refractivity contribution is 0.100. The molecule has 0 atom stereocenters. The minimum Gasteiger partial charge on any atom is -0.366 e. The van der Waals surface area contributed by atoms with Crippen LogP contribution in [0, 0.1) is 0 Å². The Hall–Kier alpha value is -4.46. The highest BCUT2D eigenvalue weighted by Gasteiger charge is 2.11. The number of benzene rings is 2. The first kappa shape index (κ1) is 17.6. The van der Waals surface area contributed by atoms with Crippen LogP contribution < -0.4 is 11.1 Å². The second kappa shape index (κ2) is 7.17. The standard InChI is InChI=1S/C22H17N7O/c23-20(30)16-3-1-15(2-4-16)19-13-26-21(22-25-10-12-29(19)22)27-17-5-7-18(8-6-17)28-11-9-24-14-28/h1-14H,(H2,23,30)(H,26,27). The summed E-state index contributed by atoms with van der Waals surface area (Å²) in [5, 5.41) is 3.33. The summed E-state index contributed by atoms with van der Waals surface area (Å²) in [6, 6.07) is 15.1. The number of fused-ring (bicyclic) bond motifs is 1. The third kappa shape index (κ3) is 3.16. The van der Waals surface area contributed by atoms with Gasteiger partial charge < -0.3 is 15.6 Å². The molecule has 5 rings (SSSR count). The van der Waals surface area contributed by atoms with Gasteiger partial charge in [0.1, 0.15) is 0 Å². The lowest BCUT2D eigenvalue weighted by Gasteiger charge is -2.11. The van der Waals surface area contributed by atoms with Crippen molar-refractivity contribution in [2.75, 3.05) is 5.32 Å². The summed E-state index contributed by atoms with van der Waals surface area (Å²) in [6.45, 7) is 0. The number of primary amides is 1. The van der Waals surface area contributed by atoms with Crippen molar-refractivity contribution in [1.29, 1.82) is 0 Å². The van der Waals surface area contributed by atoms with Gasteiger partial charge in [0.25, 0.3) is 0 Å². The number of nitrogens with zero attached hydrogens (tertiary/aromatic N) is 5. The first-order valence-corrected chi connectivity index (χ1v) is 9.27. The summed E-state index contributed by atoms with van der Waals surface area (Å²) in [5.74, 6) is 0.193. The van der Waals surface area contributed by atoms with E-state index in [1.54, 1.807) is 37.1 Å². The average molecular weight is 395 g/mol. The molecule has 30 heavy (non-hydrogen) atoms. The number of nitrogens with two attached hydrogens (primary N) is 1. The Labute approximate surface area is 171 Å². The largest absolute Gasteiger partial charge is 0.366 e. The fourth-order valence-electron chi connectivity index (χ4n) is 3.29. The molecule has 3 heterocycles. The zero-order valence-corrected chi connectivity index (χ0v) is 15.8. The normalized spacial score (nSPS) is 10.9. The van der Waals surface area contributed by atoms with Crippen molar-refractivity contribution >= 4 is 23.1 Å². The number of hydrogen-bond acceptors (Lipinski definition) is 5. The van der Waals surface area contributed by atoms with E-state index in [1.807, 2.05) is 57.8 Å². The van der Waals surface area contributed by atoms with Crippen LogP contribution in [0.4, 0.5) is 11.5 Å². The summed E-state index contributed by atoms with van der Waals surface area (Å²) >= 11 is 0. The second-order valence-corrected chi connectivity index (χ2v) is 6.70. The first-order chi connectivity index (χ1) is 14.7. The third-order valence-corrected chi connectivity index (χ3v) is 4.83. The van der Waals surface area contributed by atoms with Gasteiger partial charge in [-0.1, -0.05) is 12.1 Å². The number of carbonyl (C=O) groups excluding carboxylic acids is 1. The van der Waals surface area contributed by atoms with E-state index < -0.39 is 5.91 Å². The molecular formula is C22H17N7O. The van der Waals surface area contributed by atoms with Gasteiger partial charge in [0, 0.05) is 47.3 Å². The van der Waals surface area contributed by atoms with Gasteiger partial charge in [-0.25, -0.2) is 15.0 Å². The molecule has 0 radical (unpaired) electrons. The van der Waals surface area contributed by atoms with Crippen LogP contribution in [-0.2, 0) is 0 Å². The molecule has 3 N–H and O–H groups in total. The van der Waals surface area contributed by atoms with E-state index in [9.17, 15) is 4.79 Å². The summed E-state index contributed by atoms with van der Waals surface area (Å²) in [6.07, 6.45) is 10.8. The molecule has 0 aliphatic rings. The topological polar surface area (TPSA) is 103 Å². The van der Waals surface area contributed by atoms with Gasteiger partial charge >= 0.3 is 0 Å². The maximum Gasteiger partial charge on any atom is 0.248 e. The lowest BCUT2D eigenvalue weighted by Crippen LogP contribution is -2.10. The van der Waals surface area contributed by atoms with E-state index in [1.165, 1.54) is 0 Å². The predicted molar refractivity (Wildman–Crippen MR) is 114 cm³/mol. The van der Waals surface area contributed by atoms with Gasteiger partial charge in [-0.15, -0.1) is 0 Å².